The zero-order chi connectivity index (χ0) is 33.0. The van der Waals surface area contributed by atoms with Crippen LogP contribution in [0.25, 0.3) is 78.2 Å². The lowest BCUT2D eigenvalue weighted by Gasteiger charge is -2.17. The number of hydrogen-bond donors (Lipinski definition) is 0. The Morgan fingerprint density at radius 1 is 0.380 bits per heavy atom. The van der Waals surface area contributed by atoms with Crippen molar-refractivity contribution in [2.45, 2.75) is 25.7 Å². The second-order valence-electron chi connectivity index (χ2n) is 13.1. The molecule has 0 aliphatic heterocycles. The Labute approximate surface area is 290 Å². The number of aromatic nitrogens is 5. The smallest absolute Gasteiger partial charge is 0.164 e. The van der Waals surface area contributed by atoms with E-state index in [1.54, 1.807) is 0 Å². The molecule has 0 N–H and O–H groups in total. The second-order valence-corrected chi connectivity index (χ2v) is 13.1. The molecule has 0 unspecified atom stereocenters. The Bertz CT molecular complexity index is 2610. The minimum Gasteiger partial charge on any atom is -0.311 e. The Morgan fingerprint density at radius 3 is 1.54 bits per heavy atom. The fourth-order valence-corrected chi connectivity index (χ4v) is 7.90. The summed E-state index contributed by atoms with van der Waals surface area (Å²) >= 11 is 0. The van der Waals surface area contributed by atoms with Crippen molar-refractivity contribution in [2.75, 3.05) is 0 Å². The predicted molar refractivity (Wildman–Crippen MR) is 204 cm³/mol. The molecule has 0 radical (unpaired) electrons. The van der Waals surface area contributed by atoms with E-state index in [1.165, 1.54) is 62.5 Å². The molecule has 10 rings (SSSR count). The van der Waals surface area contributed by atoms with Crippen LogP contribution in [0.5, 0.6) is 0 Å². The van der Waals surface area contributed by atoms with Gasteiger partial charge in [-0.3, -0.25) is 0 Å². The summed E-state index contributed by atoms with van der Waals surface area (Å²) in [6.45, 7) is 0. The first-order valence-corrected chi connectivity index (χ1v) is 17.4. The van der Waals surface area contributed by atoms with Gasteiger partial charge in [0.15, 0.2) is 17.5 Å². The highest BCUT2D eigenvalue weighted by Gasteiger charge is 2.25. The Hall–Kier alpha value is -6.33. The molecule has 0 bridgehead atoms. The molecular formula is C45H33N5. The fraction of sp³-hybridized carbons (Fsp3) is 0.0889. The van der Waals surface area contributed by atoms with Crippen molar-refractivity contribution in [1.82, 2.24) is 24.1 Å². The van der Waals surface area contributed by atoms with Crippen molar-refractivity contribution in [3.8, 4) is 45.5 Å². The van der Waals surface area contributed by atoms with Crippen LogP contribution in [0.4, 0.5) is 0 Å². The van der Waals surface area contributed by atoms with Crippen LogP contribution in [-0.4, -0.2) is 24.1 Å². The normalized spacial score (nSPS) is 12.9. The summed E-state index contributed by atoms with van der Waals surface area (Å²) in [5, 5.41) is 3.90. The Morgan fingerprint density at radius 2 is 0.880 bits per heavy atom. The summed E-state index contributed by atoms with van der Waals surface area (Å²) in [5.41, 5.74) is 11.9. The molecule has 1 aliphatic carbocycles. The average Bonchev–Trinajstić information content (AvgIpc) is 3.72. The van der Waals surface area contributed by atoms with E-state index in [0.717, 1.165) is 35.2 Å². The molecular weight excluding hydrogens is 611 g/mol. The lowest BCUT2D eigenvalue weighted by Crippen LogP contribution is -2.07. The molecule has 3 aromatic heterocycles. The fourth-order valence-electron chi connectivity index (χ4n) is 7.90. The van der Waals surface area contributed by atoms with Crippen LogP contribution in [-0.2, 0) is 12.8 Å². The highest BCUT2D eigenvalue weighted by atomic mass is 15.1. The van der Waals surface area contributed by atoms with Gasteiger partial charge in [-0.25, -0.2) is 15.0 Å². The number of fused-ring (bicyclic) bond motifs is 7. The molecule has 5 heteroatoms. The Kier molecular flexibility index (Phi) is 6.69. The summed E-state index contributed by atoms with van der Waals surface area (Å²) in [4.78, 5) is 14.9. The summed E-state index contributed by atoms with van der Waals surface area (Å²) < 4.78 is 5.01. The number of nitrogens with zero attached hydrogens (tertiary/aromatic N) is 5. The highest BCUT2D eigenvalue weighted by Crippen LogP contribution is 2.42. The van der Waals surface area contributed by atoms with Gasteiger partial charge in [0.25, 0.3) is 0 Å². The SMILES string of the molecule is c1ccc(-c2nc(-c3ccccc3)nc(-c3ccc(-n4c5c(c6ccc7c8ccccc8n(-c8ccccc8)c7c64)CCCC5)cc3)n2)cc1. The van der Waals surface area contributed by atoms with Crippen LogP contribution >= 0.6 is 0 Å². The van der Waals surface area contributed by atoms with E-state index in [4.69, 9.17) is 15.0 Å². The van der Waals surface area contributed by atoms with Crippen molar-refractivity contribution in [3.05, 3.63) is 163 Å². The zero-order valence-electron chi connectivity index (χ0n) is 27.5. The molecule has 50 heavy (non-hydrogen) atoms. The molecule has 0 atom stereocenters. The van der Waals surface area contributed by atoms with Gasteiger partial charge in [0.2, 0.25) is 0 Å². The lowest BCUT2D eigenvalue weighted by atomic mass is 9.95. The van der Waals surface area contributed by atoms with Crippen molar-refractivity contribution in [3.63, 3.8) is 0 Å². The van der Waals surface area contributed by atoms with Crippen molar-refractivity contribution in [1.29, 1.82) is 0 Å². The van der Waals surface area contributed by atoms with Gasteiger partial charge >= 0.3 is 0 Å². The maximum atomic E-state index is 4.99. The largest absolute Gasteiger partial charge is 0.311 e. The van der Waals surface area contributed by atoms with E-state index in [1.807, 2.05) is 60.7 Å². The van der Waals surface area contributed by atoms with E-state index in [-0.39, 0.29) is 0 Å². The molecule has 3 heterocycles. The van der Waals surface area contributed by atoms with Crippen molar-refractivity contribution < 1.29 is 0 Å². The molecule has 0 fully saturated rings. The molecule has 5 nitrogen and oxygen atoms in total. The van der Waals surface area contributed by atoms with Crippen LogP contribution in [0.2, 0.25) is 0 Å². The van der Waals surface area contributed by atoms with E-state index in [9.17, 15) is 0 Å². The summed E-state index contributed by atoms with van der Waals surface area (Å²) in [7, 11) is 0. The maximum Gasteiger partial charge on any atom is 0.164 e. The van der Waals surface area contributed by atoms with E-state index < -0.39 is 0 Å². The van der Waals surface area contributed by atoms with Crippen LogP contribution < -0.4 is 0 Å². The summed E-state index contributed by atoms with van der Waals surface area (Å²) in [6, 6.07) is 53.4. The van der Waals surface area contributed by atoms with Crippen LogP contribution in [0.1, 0.15) is 24.1 Å². The first-order valence-electron chi connectivity index (χ1n) is 17.4. The first kappa shape index (κ1) is 28.7. The topological polar surface area (TPSA) is 48.5 Å². The van der Waals surface area contributed by atoms with Crippen LogP contribution in [0.15, 0.2) is 152 Å². The average molecular weight is 644 g/mol. The molecule has 0 amide bonds. The number of aryl methyl sites for hydroxylation is 1. The minimum absolute atomic E-state index is 0.662. The minimum atomic E-state index is 0.662. The van der Waals surface area contributed by atoms with Gasteiger partial charge in [-0.1, -0.05) is 109 Å². The number of rotatable bonds is 5. The van der Waals surface area contributed by atoms with E-state index in [0.29, 0.717) is 17.5 Å². The summed E-state index contributed by atoms with van der Waals surface area (Å²) in [6.07, 6.45) is 4.58. The zero-order valence-corrected chi connectivity index (χ0v) is 27.5. The van der Waals surface area contributed by atoms with Crippen molar-refractivity contribution >= 4 is 32.7 Å². The van der Waals surface area contributed by atoms with Crippen LogP contribution in [0.3, 0.4) is 0 Å². The van der Waals surface area contributed by atoms with Crippen molar-refractivity contribution in [2.24, 2.45) is 0 Å². The highest BCUT2D eigenvalue weighted by molar-refractivity contribution is 6.19. The second kappa shape index (κ2) is 11.7. The molecule has 9 aromatic rings. The molecule has 1 aliphatic rings. The number of hydrogen-bond acceptors (Lipinski definition) is 3. The third kappa shape index (κ3) is 4.58. The van der Waals surface area contributed by atoms with Gasteiger partial charge in [0.1, 0.15) is 0 Å². The number of benzene rings is 6. The van der Waals surface area contributed by atoms with Gasteiger partial charge in [-0.15, -0.1) is 0 Å². The number of para-hydroxylation sites is 2. The Balaban J connectivity index is 1.19. The van der Waals surface area contributed by atoms with Gasteiger partial charge in [0.05, 0.1) is 16.6 Å². The molecule has 0 saturated heterocycles. The third-order valence-electron chi connectivity index (χ3n) is 10.2. The maximum absolute atomic E-state index is 4.99. The predicted octanol–water partition coefficient (Wildman–Crippen LogP) is 10.8. The lowest BCUT2D eigenvalue weighted by molar-refractivity contribution is 0.667. The van der Waals surface area contributed by atoms with Gasteiger partial charge in [0, 0.05) is 49.9 Å². The van der Waals surface area contributed by atoms with Crippen LogP contribution in [0, 0.1) is 0 Å². The first-order chi connectivity index (χ1) is 24.8. The van der Waals surface area contributed by atoms with Gasteiger partial charge in [-0.2, -0.15) is 0 Å². The molecule has 6 aromatic carbocycles. The molecule has 0 spiro atoms. The summed E-state index contributed by atoms with van der Waals surface area (Å²) in [5.74, 6) is 2.00. The van der Waals surface area contributed by atoms with Gasteiger partial charge in [-0.05, 0) is 73.7 Å². The molecule has 0 saturated carbocycles. The van der Waals surface area contributed by atoms with E-state index >= 15 is 0 Å². The quantitative estimate of drug-likeness (QED) is 0.187. The van der Waals surface area contributed by atoms with E-state index in [2.05, 4.69) is 100 Å². The van der Waals surface area contributed by atoms with Gasteiger partial charge < -0.3 is 9.13 Å². The third-order valence-corrected chi connectivity index (χ3v) is 10.2. The monoisotopic (exact) mass is 643 g/mol. The standard InChI is InChI=1S/C45H33N5/c1-4-14-30(15-5-1)43-46-44(31-16-6-2-7-17-31)48-45(47-43)32-24-26-34(27-25-32)50-40-23-13-11-21-36(40)38-29-28-37-35-20-10-12-22-39(35)49(41(37)42(38)50)33-18-8-3-9-19-33/h1-10,12,14-20,22,24-29H,11,13,21,23H2. The molecule has 238 valence electrons.